The Labute approximate surface area is 152 Å². The molecule has 1 amide bonds. The van der Waals surface area contributed by atoms with Gasteiger partial charge in [-0.05, 0) is 55.0 Å². The first-order valence-electron chi connectivity index (χ1n) is 7.60. The Morgan fingerprint density at radius 2 is 1.92 bits per heavy atom. The Hall–Kier alpha value is -2.93. The Bertz CT molecular complexity index is 926. The van der Waals surface area contributed by atoms with E-state index >= 15 is 0 Å². The fraction of sp³-hybridized carbons (Fsp3) is 0.111. The van der Waals surface area contributed by atoms with Crippen molar-refractivity contribution >= 4 is 23.2 Å². The number of carbonyl (C=O) groups excluding carboxylic acids is 1. The van der Waals surface area contributed by atoms with E-state index in [1.807, 2.05) is 6.92 Å². The molecule has 2 N–H and O–H groups in total. The number of halogens is 3. The third kappa shape index (κ3) is 4.18. The second kappa shape index (κ2) is 7.53. The van der Waals surface area contributed by atoms with E-state index in [1.165, 1.54) is 12.1 Å². The van der Waals surface area contributed by atoms with Gasteiger partial charge in [0.25, 0.3) is 5.91 Å². The molecule has 2 aromatic carbocycles. The molecule has 0 saturated heterocycles. The maximum atomic E-state index is 12.4. The number of anilines is 1. The number of nitrogens with one attached hydrogen (secondary N) is 2. The molecular weight excluding hydrogens is 364 g/mol. The molecule has 0 unspecified atom stereocenters. The highest BCUT2D eigenvalue weighted by molar-refractivity contribution is 6.31. The van der Waals surface area contributed by atoms with Crippen LogP contribution in [0, 0.1) is 6.92 Å². The van der Waals surface area contributed by atoms with Crippen LogP contribution < -0.4 is 10.1 Å². The molecule has 26 heavy (non-hydrogen) atoms. The monoisotopic (exact) mass is 377 g/mol. The average Bonchev–Trinajstić information content (AvgIpc) is 3.08. The van der Waals surface area contributed by atoms with Crippen LogP contribution in [-0.4, -0.2) is 22.7 Å². The Morgan fingerprint density at radius 3 is 2.62 bits per heavy atom. The summed E-state index contributed by atoms with van der Waals surface area (Å²) >= 11 is 5.95. The van der Waals surface area contributed by atoms with Crippen LogP contribution in [-0.2, 0) is 0 Å². The number of carbonyl (C=O) groups is 1. The highest BCUT2D eigenvalue weighted by Gasteiger charge is 2.13. The van der Waals surface area contributed by atoms with Crippen LogP contribution in [0.2, 0.25) is 5.02 Å². The third-order valence-corrected chi connectivity index (χ3v) is 3.88. The van der Waals surface area contributed by atoms with E-state index in [0.717, 1.165) is 5.56 Å². The first-order chi connectivity index (χ1) is 12.4. The molecule has 8 heteroatoms. The van der Waals surface area contributed by atoms with E-state index in [-0.39, 0.29) is 17.4 Å². The molecule has 134 valence electrons. The second-order valence-corrected chi connectivity index (χ2v) is 5.92. The summed E-state index contributed by atoms with van der Waals surface area (Å²) in [6.07, 6.45) is 0. The molecule has 0 aliphatic heterocycles. The number of amides is 1. The zero-order valence-corrected chi connectivity index (χ0v) is 14.3. The van der Waals surface area contributed by atoms with E-state index in [2.05, 4.69) is 20.3 Å². The molecule has 0 bridgehead atoms. The maximum absolute atomic E-state index is 12.4. The second-order valence-electron chi connectivity index (χ2n) is 5.48. The minimum absolute atomic E-state index is 0.0497. The minimum Gasteiger partial charge on any atom is -0.435 e. The Kier molecular flexibility index (Phi) is 5.18. The van der Waals surface area contributed by atoms with Crippen molar-refractivity contribution in [2.45, 2.75) is 13.5 Å². The van der Waals surface area contributed by atoms with E-state index < -0.39 is 6.61 Å². The van der Waals surface area contributed by atoms with Crippen molar-refractivity contribution in [1.82, 2.24) is 10.2 Å². The van der Waals surface area contributed by atoms with Gasteiger partial charge < -0.3 is 10.1 Å². The van der Waals surface area contributed by atoms with Crippen LogP contribution in [0.25, 0.3) is 11.3 Å². The summed E-state index contributed by atoms with van der Waals surface area (Å²) in [5.41, 5.74) is 2.89. The van der Waals surface area contributed by atoms with E-state index in [4.69, 9.17) is 11.6 Å². The van der Waals surface area contributed by atoms with Gasteiger partial charge in [0.05, 0.1) is 5.69 Å². The van der Waals surface area contributed by atoms with Gasteiger partial charge in [-0.15, -0.1) is 0 Å². The lowest BCUT2D eigenvalue weighted by Gasteiger charge is -2.07. The summed E-state index contributed by atoms with van der Waals surface area (Å²) in [6, 6.07) is 12.7. The van der Waals surface area contributed by atoms with Gasteiger partial charge in [0.2, 0.25) is 0 Å². The Morgan fingerprint density at radius 1 is 1.19 bits per heavy atom. The molecule has 3 rings (SSSR count). The summed E-state index contributed by atoms with van der Waals surface area (Å²) in [5, 5.41) is 10.0. The standard InChI is InChI=1S/C18H14ClF2N3O2/c1-10-2-5-12(19)8-14(10)22-17(25)16-9-15(23-24-16)11-3-6-13(7-4-11)26-18(20)21/h2-9,18H,1H3,(H,22,25)(H,23,24). The lowest BCUT2D eigenvalue weighted by Crippen LogP contribution is -2.13. The highest BCUT2D eigenvalue weighted by Crippen LogP contribution is 2.24. The number of rotatable bonds is 5. The summed E-state index contributed by atoms with van der Waals surface area (Å²) in [6.45, 7) is -1.02. The number of H-pyrrole nitrogens is 1. The predicted octanol–water partition coefficient (Wildman–Crippen LogP) is 4.89. The largest absolute Gasteiger partial charge is 0.435 e. The van der Waals surface area contributed by atoms with Gasteiger partial charge in [0, 0.05) is 16.3 Å². The lowest BCUT2D eigenvalue weighted by molar-refractivity contribution is -0.0498. The molecule has 0 aliphatic rings. The van der Waals surface area contributed by atoms with Crippen molar-refractivity contribution in [2.75, 3.05) is 5.32 Å². The van der Waals surface area contributed by atoms with E-state index in [1.54, 1.807) is 36.4 Å². The number of ether oxygens (including phenoxy) is 1. The molecular formula is C18H14ClF2N3O2. The predicted molar refractivity (Wildman–Crippen MR) is 94.8 cm³/mol. The molecule has 1 aromatic heterocycles. The summed E-state index contributed by atoms with van der Waals surface area (Å²) in [5.74, 6) is -0.319. The van der Waals surface area contributed by atoms with Gasteiger partial charge in [-0.25, -0.2) is 0 Å². The van der Waals surface area contributed by atoms with Crippen molar-refractivity contribution in [3.63, 3.8) is 0 Å². The van der Waals surface area contributed by atoms with E-state index in [0.29, 0.717) is 22.0 Å². The molecule has 0 fully saturated rings. The lowest BCUT2D eigenvalue weighted by atomic mass is 10.1. The first-order valence-corrected chi connectivity index (χ1v) is 7.98. The molecule has 0 atom stereocenters. The maximum Gasteiger partial charge on any atom is 0.387 e. The number of aryl methyl sites for hydroxylation is 1. The number of aromatic nitrogens is 2. The van der Waals surface area contributed by atoms with Gasteiger partial charge in [-0.3, -0.25) is 9.89 Å². The number of nitrogens with zero attached hydrogens (tertiary/aromatic N) is 1. The molecule has 1 heterocycles. The van der Waals surface area contributed by atoms with Gasteiger partial charge in [0.15, 0.2) is 0 Å². The SMILES string of the molecule is Cc1ccc(Cl)cc1NC(=O)c1cc(-c2ccc(OC(F)F)cc2)n[nH]1. The fourth-order valence-electron chi connectivity index (χ4n) is 2.31. The van der Waals surface area contributed by atoms with Crippen molar-refractivity contribution in [3.8, 4) is 17.0 Å². The average molecular weight is 378 g/mol. The van der Waals surface area contributed by atoms with Gasteiger partial charge in [-0.2, -0.15) is 13.9 Å². The third-order valence-electron chi connectivity index (χ3n) is 3.65. The normalized spacial score (nSPS) is 10.8. The number of hydrogen-bond acceptors (Lipinski definition) is 3. The summed E-state index contributed by atoms with van der Waals surface area (Å²) in [7, 11) is 0. The van der Waals surface area contributed by atoms with Gasteiger partial charge in [-0.1, -0.05) is 17.7 Å². The van der Waals surface area contributed by atoms with Crippen LogP contribution >= 0.6 is 11.6 Å². The molecule has 0 aliphatic carbocycles. The number of alkyl halides is 2. The highest BCUT2D eigenvalue weighted by atomic mass is 35.5. The smallest absolute Gasteiger partial charge is 0.387 e. The van der Waals surface area contributed by atoms with Crippen LogP contribution in [0.15, 0.2) is 48.5 Å². The summed E-state index contributed by atoms with van der Waals surface area (Å²) < 4.78 is 28.7. The summed E-state index contributed by atoms with van der Waals surface area (Å²) in [4.78, 5) is 12.4. The minimum atomic E-state index is -2.88. The van der Waals surface area contributed by atoms with Crippen molar-refractivity contribution in [3.05, 3.63) is 64.8 Å². The topological polar surface area (TPSA) is 67.0 Å². The quantitative estimate of drug-likeness (QED) is 0.665. The first kappa shape index (κ1) is 17.9. The number of aromatic amines is 1. The molecule has 0 saturated carbocycles. The molecule has 0 radical (unpaired) electrons. The van der Waals surface area contributed by atoms with Crippen LogP contribution in [0.1, 0.15) is 16.1 Å². The molecule has 3 aromatic rings. The number of hydrogen-bond donors (Lipinski definition) is 2. The molecule has 0 spiro atoms. The van der Waals surface area contributed by atoms with E-state index in [9.17, 15) is 13.6 Å². The Balaban J connectivity index is 1.74. The van der Waals surface area contributed by atoms with Gasteiger partial charge in [0.1, 0.15) is 11.4 Å². The fourth-order valence-corrected chi connectivity index (χ4v) is 2.48. The van der Waals surface area contributed by atoms with Crippen LogP contribution in [0.4, 0.5) is 14.5 Å². The van der Waals surface area contributed by atoms with Crippen molar-refractivity contribution < 1.29 is 18.3 Å². The van der Waals surface area contributed by atoms with Crippen molar-refractivity contribution in [1.29, 1.82) is 0 Å². The van der Waals surface area contributed by atoms with Gasteiger partial charge >= 0.3 is 6.61 Å². The zero-order chi connectivity index (χ0) is 18.7. The molecule has 5 nitrogen and oxygen atoms in total. The number of benzene rings is 2. The van der Waals surface area contributed by atoms with Crippen LogP contribution in [0.3, 0.4) is 0 Å². The van der Waals surface area contributed by atoms with Crippen molar-refractivity contribution in [2.24, 2.45) is 0 Å². The van der Waals surface area contributed by atoms with Crippen LogP contribution in [0.5, 0.6) is 5.75 Å². The zero-order valence-electron chi connectivity index (χ0n) is 13.6.